The monoisotopic (exact) mass is 377 g/mol. The van der Waals surface area contributed by atoms with Crippen LogP contribution in [0.5, 0.6) is 0 Å². The van der Waals surface area contributed by atoms with Crippen LogP contribution >= 0.6 is 0 Å². The Morgan fingerprint density at radius 2 is 1.96 bits per heavy atom. The Balaban J connectivity index is 2.22. The molecule has 1 aromatic carbocycles. The molecule has 0 aliphatic carbocycles. The molecule has 1 heterocycles. The lowest BCUT2D eigenvalue weighted by atomic mass is 10.1. The second-order valence-electron chi connectivity index (χ2n) is 6.43. The number of guanidine groups is 1. The van der Waals surface area contributed by atoms with Crippen molar-refractivity contribution in [3.8, 4) is 0 Å². The highest BCUT2D eigenvalue weighted by Crippen LogP contribution is 2.19. The van der Waals surface area contributed by atoms with Crippen molar-refractivity contribution in [3.63, 3.8) is 0 Å². The summed E-state index contributed by atoms with van der Waals surface area (Å²) >= 11 is 0. The number of benzene rings is 1. The summed E-state index contributed by atoms with van der Waals surface area (Å²) < 4.78 is 29.1. The molecule has 0 saturated carbocycles. The Hall–Kier alpha value is -2.44. The second-order valence-corrected chi connectivity index (χ2v) is 6.43. The summed E-state index contributed by atoms with van der Waals surface area (Å²) in [4.78, 5) is 4.67. The molecule has 0 radical (unpaired) electrons. The van der Waals surface area contributed by atoms with Crippen molar-refractivity contribution in [1.29, 1.82) is 0 Å². The number of aryl methyl sites for hydroxylation is 2. The maximum Gasteiger partial charge on any atom is 0.192 e. The van der Waals surface area contributed by atoms with Gasteiger partial charge < -0.3 is 10.6 Å². The van der Waals surface area contributed by atoms with Crippen LogP contribution in [0, 0.1) is 11.6 Å². The van der Waals surface area contributed by atoms with Crippen LogP contribution in [0.1, 0.15) is 56.3 Å². The van der Waals surface area contributed by atoms with E-state index in [-0.39, 0.29) is 6.04 Å². The van der Waals surface area contributed by atoms with E-state index in [1.165, 1.54) is 17.8 Å². The summed E-state index contributed by atoms with van der Waals surface area (Å²) in [6.45, 7) is 9.15. The Morgan fingerprint density at radius 1 is 1.22 bits per heavy atom. The highest BCUT2D eigenvalue weighted by atomic mass is 19.1. The fourth-order valence-corrected chi connectivity index (χ4v) is 3.19. The molecule has 1 atom stereocenters. The first-order valence-electron chi connectivity index (χ1n) is 9.44. The largest absolute Gasteiger partial charge is 0.357 e. The number of aliphatic imine (C=N–C) groups is 1. The number of halogens is 2. The SMILES string of the molecule is CCNC(=NCc1c(CC)nn(C)c1CC)NC(C)c1ccc(F)cc1F. The number of rotatable bonds is 7. The van der Waals surface area contributed by atoms with Crippen LogP contribution < -0.4 is 10.6 Å². The zero-order chi connectivity index (χ0) is 20.0. The van der Waals surface area contributed by atoms with Crippen LogP contribution in [-0.4, -0.2) is 22.3 Å². The highest BCUT2D eigenvalue weighted by Gasteiger charge is 2.15. The summed E-state index contributed by atoms with van der Waals surface area (Å²) in [5.41, 5.74) is 3.75. The predicted molar refractivity (Wildman–Crippen MR) is 105 cm³/mol. The van der Waals surface area contributed by atoms with Crippen molar-refractivity contribution in [3.05, 3.63) is 52.3 Å². The van der Waals surface area contributed by atoms with Crippen LogP contribution in [0.2, 0.25) is 0 Å². The molecule has 0 bridgehead atoms. The van der Waals surface area contributed by atoms with Crippen LogP contribution in [0.4, 0.5) is 8.78 Å². The normalized spacial score (nSPS) is 12.9. The van der Waals surface area contributed by atoms with Gasteiger partial charge in [0.05, 0.1) is 18.3 Å². The molecule has 2 N–H and O–H groups in total. The standard InChI is InChI=1S/C20H29F2N5/c1-6-18-16(19(7-2)27(5)26-18)12-24-20(23-8-3)25-13(4)15-10-9-14(21)11-17(15)22/h9-11,13H,6-8,12H2,1-5H3,(H2,23,24,25). The van der Waals surface area contributed by atoms with Gasteiger partial charge in [-0.2, -0.15) is 5.10 Å². The number of nitrogens with zero attached hydrogens (tertiary/aromatic N) is 3. The zero-order valence-electron chi connectivity index (χ0n) is 16.7. The summed E-state index contributed by atoms with van der Waals surface area (Å²) in [6.07, 6.45) is 1.73. The molecular weight excluding hydrogens is 348 g/mol. The van der Waals surface area contributed by atoms with Crippen LogP contribution in [0.25, 0.3) is 0 Å². The molecule has 2 rings (SSSR count). The van der Waals surface area contributed by atoms with Crippen molar-refractivity contribution in [1.82, 2.24) is 20.4 Å². The van der Waals surface area contributed by atoms with E-state index in [9.17, 15) is 8.78 Å². The average Bonchev–Trinajstić information content (AvgIpc) is 2.94. The van der Waals surface area contributed by atoms with E-state index in [1.807, 2.05) is 25.6 Å². The number of hydrogen-bond donors (Lipinski definition) is 2. The van der Waals surface area contributed by atoms with Crippen LogP contribution in [0.15, 0.2) is 23.2 Å². The maximum atomic E-state index is 14.0. The predicted octanol–water partition coefficient (Wildman–Crippen LogP) is 3.64. The minimum Gasteiger partial charge on any atom is -0.357 e. The molecule has 0 fully saturated rings. The van der Waals surface area contributed by atoms with Crippen molar-refractivity contribution < 1.29 is 8.78 Å². The van der Waals surface area contributed by atoms with Gasteiger partial charge in [0, 0.05) is 36.5 Å². The second kappa shape index (κ2) is 9.48. The highest BCUT2D eigenvalue weighted by molar-refractivity contribution is 5.80. The number of hydrogen-bond acceptors (Lipinski definition) is 2. The van der Waals surface area contributed by atoms with Gasteiger partial charge in [-0.05, 0) is 32.8 Å². The zero-order valence-corrected chi connectivity index (χ0v) is 16.7. The summed E-state index contributed by atoms with van der Waals surface area (Å²) in [7, 11) is 1.95. The molecule has 1 aromatic heterocycles. The minimum absolute atomic E-state index is 0.353. The molecule has 5 nitrogen and oxygen atoms in total. The van der Waals surface area contributed by atoms with E-state index in [0.29, 0.717) is 24.6 Å². The molecule has 148 valence electrons. The van der Waals surface area contributed by atoms with Gasteiger partial charge in [0.1, 0.15) is 11.6 Å². The Kier molecular flexibility index (Phi) is 7.33. The lowest BCUT2D eigenvalue weighted by molar-refractivity contribution is 0.551. The Morgan fingerprint density at radius 3 is 2.56 bits per heavy atom. The smallest absolute Gasteiger partial charge is 0.192 e. The lowest BCUT2D eigenvalue weighted by Gasteiger charge is -2.19. The van der Waals surface area contributed by atoms with Gasteiger partial charge in [-0.1, -0.05) is 19.9 Å². The van der Waals surface area contributed by atoms with Crippen molar-refractivity contribution in [2.75, 3.05) is 6.54 Å². The maximum absolute atomic E-state index is 14.0. The molecule has 0 aliphatic rings. The molecular formula is C20H29F2N5. The van der Waals surface area contributed by atoms with E-state index in [4.69, 9.17) is 0 Å². The van der Waals surface area contributed by atoms with E-state index >= 15 is 0 Å². The molecule has 2 aromatic rings. The van der Waals surface area contributed by atoms with Crippen LogP contribution in [0.3, 0.4) is 0 Å². The fourth-order valence-electron chi connectivity index (χ4n) is 3.19. The van der Waals surface area contributed by atoms with E-state index < -0.39 is 11.6 Å². The fraction of sp³-hybridized carbons (Fsp3) is 0.500. The van der Waals surface area contributed by atoms with E-state index in [1.54, 1.807) is 0 Å². The lowest BCUT2D eigenvalue weighted by Crippen LogP contribution is -2.39. The van der Waals surface area contributed by atoms with Gasteiger partial charge in [0.2, 0.25) is 0 Å². The van der Waals surface area contributed by atoms with Crippen molar-refractivity contribution in [2.45, 2.75) is 53.1 Å². The topological polar surface area (TPSA) is 54.2 Å². The van der Waals surface area contributed by atoms with Gasteiger partial charge in [-0.3, -0.25) is 4.68 Å². The third-order valence-electron chi connectivity index (χ3n) is 4.55. The van der Waals surface area contributed by atoms with Gasteiger partial charge in [-0.15, -0.1) is 0 Å². The molecule has 0 saturated heterocycles. The van der Waals surface area contributed by atoms with Crippen LogP contribution in [-0.2, 0) is 26.4 Å². The van der Waals surface area contributed by atoms with Gasteiger partial charge in [0.15, 0.2) is 5.96 Å². The molecule has 7 heteroatoms. The first kappa shape index (κ1) is 20.9. The molecule has 27 heavy (non-hydrogen) atoms. The van der Waals surface area contributed by atoms with Gasteiger partial charge in [-0.25, -0.2) is 13.8 Å². The third kappa shape index (κ3) is 5.05. The van der Waals surface area contributed by atoms with Crippen molar-refractivity contribution in [2.24, 2.45) is 12.0 Å². The van der Waals surface area contributed by atoms with E-state index in [2.05, 4.69) is 34.6 Å². The Labute approximate surface area is 159 Å². The summed E-state index contributed by atoms with van der Waals surface area (Å²) in [6, 6.07) is 3.26. The molecule has 0 spiro atoms. The van der Waals surface area contributed by atoms with Crippen molar-refractivity contribution >= 4 is 5.96 Å². The van der Waals surface area contributed by atoms with Gasteiger partial charge in [0.25, 0.3) is 0 Å². The minimum atomic E-state index is -0.584. The quantitative estimate of drug-likeness (QED) is 0.572. The number of aromatic nitrogens is 2. The molecule has 0 aliphatic heterocycles. The van der Waals surface area contributed by atoms with E-state index in [0.717, 1.165) is 30.2 Å². The summed E-state index contributed by atoms with van der Waals surface area (Å²) in [5.74, 6) is -0.568. The van der Waals surface area contributed by atoms with Gasteiger partial charge >= 0.3 is 0 Å². The molecule has 0 amide bonds. The third-order valence-corrected chi connectivity index (χ3v) is 4.55. The summed E-state index contributed by atoms with van der Waals surface area (Å²) in [5, 5.41) is 11.0. The number of nitrogens with one attached hydrogen (secondary N) is 2. The Bertz CT molecular complexity index is 798. The first-order chi connectivity index (χ1) is 12.9. The first-order valence-corrected chi connectivity index (χ1v) is 9.44. The molecule has 1 unspecified atom stereocenters. The average molecular weight is 377 g/mol.